The van der Waals surface area contributed by atoms with Gasteiger partial charge in [-0.05, 0) is 29.8 Å². The Morgan fingerprint density at radius 3 is 2.65 bits per heavy atom. The molecular weight excluding hydrogens is 355 g/mol. The lowest BCUT2D eigenvalue weighted by Crippen LogP contribution is -2.21. The van der Waals surface area contributed by atoms with Gasteiger partial charge >= 0.3 is 0 Å². The maximum Gasteiger partial charge on any atom is 0.287 e. The van der Waals surface area contributed by atoms with Crippen LogP contribution in [0.1, 0.15) is 5.56 Å². The molecule has 0 aliphatic carbocycles. The number of halogens is 1. The van der Waals surface area contributed by atoms with Crippen LogP contribution in [0.5, 0.6) is 11.5 Å². The molecule has 0 bridgehead atoms. The zero-order chi connectivity index (χ0) is 17.9. The summed E-state index contributed by atoms with van der Waals surface area (Å²) in [5.41, 5.74) is 1.40. The maximum absolute atomic E-state index is 13.0. The summed E-state index contributed by atoms with van der Waals surface area (Å²) < 4.78 is 25.6. The number of hydrogen-bond acceptors (Lipinski definition) is 5. The molecule has 1 aliphatic heterocycles. The van der Waals surface area contributed by atoms with Crippen LogP contribution in [-0.2, 0) is 5.75 Å². The van der Waals surface area contributed by atoms with E-state index < -0.39 is 0 Å². The number of rotatable bonds is 4. The molecule has 1 aromatic heterocycles. The topological polar surface area (TPSA) is 53.4 Å². The Morgan fingerprint density at radius 1 is 1.08 bits per heavy atom. The lowest BCUT2D eigenvalue weighted by atomic mass is 10.2. The molecule has 0 N–H and O–H groups in total. The van der Waals surface area contributed by atoms with Crippen LogP contribution in [0.25, 0.3) is 5.69 Å². The fourth-order valence-electron chi connectivity index (χ4n) is 2.61. The number of fused-ring (bicyclic) bond motifs is 1. The van der Waals surface area contributed by atoms with E-state index in [4.69, 9.17) is 9.47 Å². The molecular formula is C19H15FN2O3S. The number of nitrogens with zero attached hydrogens (tertiary/aromatic N) is 2. The molecule has 0 spiro atoms. The van der Waals surface area contributed by atoms with E-state index in [2.05, 4.69) is 4.98 Å². The van der Waals surface area contributed by atoms with E-state index in [9.17, 15) is 9.18 Å². The molecule has 0 unspecified atom stereocenters. The van der Waals surface area contributed by atoms with Gasteiger partial charge in [-0.15, -0.1) is 0 Å². The van der Waals surface area contributed by atoms with Gasteiger partial charge in [-0.2, -0.15) is 0 Å². The molecule has 7 heteroatoms. The summed E-state index contributed by atoms with van der Waals surface area (Å²) in [6.07, 6.45) is 3.21. The summed E-state index contributed by atoms with van der Waals surface area (Å²) in [7, 11) is 0. The summed E-state index contributed by atoms with van der Waals surface area (Å²) in [5, 5.41) is 0.381. The van der Waals surface area contributed by atoms with Crippen molar-refractivity contribution in [2.45, 2.75) is 10.8 Å². The number of hydrogen-bond donors (Lipinski definition) is 0. The number of ether oxygens (including phenoxy) is 2. The predicted octanol–water partition coefficient (Wildman–Crippen LogP) is 3.44. The molecule has 2 aromatic carbocycles. The lowest BCUT2D eigenvalue weighted by molar-refractivity contribution is 0.171. The van der Waals surface area contributed by atoms with E-state index in [0.29, 0.717) is 41.2 Å². The molecule has 26 heavy (non-hydrogen) atoms. The third-order valence-corrected chi connectivity index (χ3v) is 4.93. The van der Waals surface area contributed by atoms with Crippen LogP contribution in [0.4, 0.5) is 4.39 Å². The highest BCUT2D eigenvalue weighted by Gasteiger charge is 2.14. The Kier molecular flexibility index (Phi) is 4.62. The molecule has 0 fully saturated rings. The monoisotopic (exact) mass is 370 g/mol. The van der Waals surface area contributed by atoms with Gasteiger partial charge in [-0.1, -0.05) is 23.9 Å². The van der Waals surface area contributed by atoms with Crippen molar-refractivity contribution < 1.29 is 13.9 Å². The molecule has 1 aliphatic rings. The van der Waals surface area contributed by atoms with E-state index in [1.54, 1.807) is 36.7 Å². The average molecular weight is 370 g/mol. The second-order valence-electron chi connectivity index (χ2n) is 5.65. The van der Waals surface area contributed by atoms with Crippen molar-refractivity contribution in [2.24, 2.45) is 0 Å². The van der Waals surface area contributed by atoms with E-state index >= 15 is 0 Å². The first-order chi connectivity index (χ1) is 12.7. The van der Waals surface area contributed by atoms with Gasteiger partial charge in [0, 0.05) is 24.2 Å². The van der Waals surface area contributed by atoms with Crippen LogP contribution in [0, 0.1) is 5.82 Å². The minimum absolute atomic E-state index is 0.212. The van der Waals surface area contributed by atoms with Crippen molar-refractivity contribution in [3.05, 3.63) is 76.6 Å². The van der Waals surface area contributed by atoms with Crippen molar-refractivity contribution in [1.29, 1.82) is 0 Å². The average Bonchev–Trinajstić information content (AvgIpc) is 2.68. The first-order valence-electron chi connectivity index (χ1n) is 8.06. The van der Waals surface area contributed by atoms with Crippen molar-refractivity contribution >= 4 is 11.8 Å². The molecule has 0 saturated heterocycles. The lowest BCUT2D eigenvalue weighted by Gasteiger charge is -2.19. The first kappa shape index (κ1) is 16.7. The van der Waals surface area contributed by atoms with Gasteiger partial charge in [0.1, 0.15) is 19.0 Å². The minimum Gasteiger partial charge on any atom is -0.486 e. The zero-order valence-corrected chi connectivity index (χ0v) is 14.5. The second-order valence-corrected chi connectivity index (χ2v) is 6.61. The summed E-state index contributed by atoms with van der Waals surface area (Å²) >= 11 is 1.32. The third kappa shape index (κ3) is 3.43. The van der Waals surface area contributed by atoms with E-state index in [-0.39, 0.29) is 11.4 Å². The Hall–Kier alpha value is -2.80. The van der Waals surface area contributed by atoms with Gasteiger partial charge in [-0.3, -0.25) is 9.36 Å². The van der Waals surface area contributed by atoms with Gasteiger partial charge in [0.15, 0.2) is 16.5 Å². The highest BCUT2D eigenvalue weighted by atomic mass is 32.2. The number of aromatic nitrogens is 2. The molecule has 0 atom stereocenters. The smallest absolute Gasteiger partial charge is 0.287 e. The second kappa shape index (κ2) is 7.21. The zero-order valence-electron chi connectivity index (χ0n) is 13.7. The normalized spacial score (nSPS) is 12.8. The van der Waals surface area contributed by atoms with Gasteiger partial charge in [0.2, 0.25) is 0 Å². The van der Waals surface area contributed by atoms with Gasteiger partial charge < -0.3 is 9.47 Å². The van der Waals surface area contributed by atoms with Crippen molar-refractivity contribution in [3.8, 4) is 17.2 Å². The van der Waals surface area contributed by atoms with Gasteiger partial charge in [0.05, 0.1) is 5.69 Å². The molecule has 0 radical (unpaired) electrons. The molecule has 132 valence electrons. The van der Waals surface area contributed by atoms with E-state index in [1.807, 2.05) is 6.07 Å². The Labute approximate surface area is 153 Å². The highest BCUT2D eigenvalue weighted by molar-refractivity contribution is 7.98. The Morgan fingerprint density at radius 2 is 1.85 bits per heavy atom. The Balaban J connectivity index is 1.59. The molecule has 5 nitrogen and oxygen atoms in total. The van der Waals surface area contributed by atoms with Crippen molar-refractivity contribution in [3.63, 3.8) is 0 Å². The molecule has 0 saturated carbocycles. The van der Waals surface area contributed by atoms with Crippen LogP contribution in [0.3, 0.4) is 0 Å². The molecule has 4 rings (SSSR count). The quantitative estimate of drug-likeness (QED) is 0.659. The maximum atomic E-state index is 13.0. The van der Waals surface area contributed by atoms with Crippen molar-refractivity contribution in [1.82, 2.24) is 9.55 Å². The number of thioether (sulfide) groups is 1. The predicted molar refractivity (Wildman–Crippen MR) is 96.8 cm³/mol. The molecule has 0 amide bonds. The largest absolute Gasteiger partial charge is 0.486 e. The van der Waals surface area contributed by atoms with Crippen LogP contribution in [0.2, 0.25) is 0 Å². The fourth-order valence-corrected chi connectivity index (χ4v) is 3.46. The summed E-state index contributed by atoms with van der Waals surface area (Å²) in [4.78, 5) is 16.9. The van der Waals surface area contributed by atoms with Crippen LogP contribution in [0.15, 0.2) is 64.7 Å². The summed E-state index contributed by atoms with van der Waals surface area (Å²) in [5.74, 6) is 1.55. The Bertz CT molecular complexity index is 989. The van der Waals surface area contributed by atoms with Crippen LogP contribution >= 0.6 is 11.8 Å². The van der Waals surface area contributed by atoms with Crippen molar-refractivity contribution in [2.75, 3.05) is 13.2 Å². The fraction of sp³-hybridized carbons (Fsp3) is 0.158. The third-order valence-electron chi connectivity index (χ3n) is 3.90. The van der Waals surface area contributed by atoms with Gasteiger partial charge in [-0.25, -0.2) is 9.37 Å². The van der Waals surface area contributed by atoms with Gasteiger partial charge in [0.25, 0.3) is 5.56 Å². The minimum atomic E-state index is -0.280. The molecule has 2 heterocycles. The summed E-state index contributed by atoms with van der Waals surface area (Å²) in [6.45, 7) is 1.01. The van der Waals surface area contributed by atoms with E-state index in [0.717, 1.165) is 5.56 Å². The highest BCUT2D eigenvalue weighted by Crippen LogP contribution is 2.31. The van der Waals surface area contributed by atoms with E-state index in [1.165, 1.54) is 28.5 Å². The SMILES string of the molecule is O=c1c(SCc2ccc(F)cc2)nccn1-c1ccc2c(c1)OCCO2. The number of benzene rings is 2. The standard InChI is InChI=1S/C19H15FN2O3S/c20-14-3-1-13(2-4-14)12-26-18-19(23)22(8-7-21-18)15-5-6-16-17(11-15)25-10-9-24-16/h1-8,11H,9-10,12H2. The molecule has 3 aromatic rings. The summed E-state index contributed by atoms with van der Waals surface area (Å²) in [6, 6.07) is 11.6. The first-order valence-corrected chi connectivity index (χ1v) is 9.04. The van der Waals surface area contributed by atoms with Crippen LogP contribution in [-0.4, -0.2) is 22.8 Å². The van der Waals surface area contributed by atoms with Crippen LogP contribution < -0.4 is 15.0 Å².